The summed E-state index contributed by atoms with van der Waals surface area (Å²) in [6.45, 7) is 0.314. The van der Waals surface area contributed by atoms with Crippen LogP contribution in [0.1, 0.15) is 21.5 Å². The minimum Gasteiger partial charge on any atom is -0.497 e. The summed E-state index contributed by atoms with van der Waals surface area (Å²) in [5.74, 6) is 3.08. The average Bonchev–Trinajstić information content (AvgIpc) is 2.85. The number of carbonyl (C=O) groups excluding carboxylic acids is 1. The van der Waals surface area contributed by atoms with Gasteiger partial charge >= 0.3 is 0 Å². The Morgan fingerprint density at radius 1 is 0.719 bits per heavy atom. The zero-order valence-electron chi connectivity index (χ0n) is 18.6. The van der Waals surface area contributed by atoms with Crippen molar-refractivity contribution in [2.75, 3.05) is 28.4 Å². The van der Waals surface area contributed by atoms with Gasteiger partial charge < -0.3 is 23.7 Å². The lowest BCUT2D eigenvalue weighted by atomic mass is 10.1. The molecule has 6 heteroatoms. The van der Waals surface area contributed by atoms with Gasteiger partial charge in [0.05, 0.1) is 34.0 Å². The van der Waals surface area contributed by atoms with Crippen LogP contribution >= 0.6 is 0 Å². The lowest BCUT2D eigenvalue weighted by Crippen LogP contribution is -2.00. The van der Waals surface area contributed by atoms with Crippen LogP contribution in [-0.4, -0.2) is 34.2 Å². The van der Waals surface area contributed by atoms with Gasteiger partial charge in [-0.1, -0.05) is 12.1 Å². The molecular formula is C26H26O6. The monoisotopic (exact) mass is 434 g/mol. The summed E-state index contributed by atoms with van der Waals surface area (Å²) in [6, 6.07) is 18.1. The van der Waals surface area contributed by atoms with Gasteiger partial charge in [-0.15, -0.1) is 0 Å². The van der Waals surface area contributed by atoms with E-state index in [9.17, 15) is 4.79 Å². The van der Waals surface area contributed by atoms with E-state index in [4.69, 9.17) is 23.7 Å². The van der Waals surface area contributed by atoms with E-state index in [0.29, 0.717) is 35.2 Å². The van der Waals surface area contributed by atoms with Crippen LogP contribution in [0.2, 0.25) is 0 Å². The maximum atomic E-state index is 12.8. The highest BCUT2D eigenvalue weighted by Gasteiger charge is 2.12. The van der Waals surface area contributed by atoms with E-state index in [0.717, 1.165) is 16.9 Å². The Kier molecular flexibility index (Phi) is 7.75. The smallest absolute Gasteiger partial charge is 0.189 e. The minimum absolute atomic E-state index is 0.187. The van der Waals surface area contributed by atoms with Crippen molar-refractivity contribution in [3.05, 3.63) is 83.4 Å². The van der Waals surface area contributed by atoms with Gasteiger partial charge in [-0.2, -0.15) is 0 Å². The van der Waals surface area contributed by atoms with Gasteiger partial charge in [0.25, 0.3) is 0 Å². The van der Waals surface area contributed by atoms with E-state index in [1.165, 1.54) is 13.2 Å². The molecule has 0 aliphatic rings. The highest BCUT2D eigenvalue weighted by Crippen LogP contribution is 2.26. The molecule has 0 aliphatic carbocycles. The number of benzene rings is 3. The van der Waals surface area contributed by atoms with Crippen molar-refractivity contribution < 1.29 is 28.5 Å². The van der Waals surface area contributed by atoms with Gasteiger partial charge in [0.2, 0.25) is 0 Å². The van der Waals surface area contributed by atoms with E-state index in [-0.39, 0.29) is 5.78 Å². The topological polar surface area (TPSA) is 63.2 Å². The zero-order chi connectivity index (χ0) is 22.9. The first-order valence-electron chi connectivity index (χ1n) is 9.96. The molecule has 166 valence electrons. The quantitative estimate of drug-likeness (QED) is 0.323. The van der Waals surface area contributed by atoms with Crippen LogP contribution in [0, 0.1) is 0 Å². The highest BCUT2D eigenvalue weighted by atomic mass is 16.5. The Morgan fingerprint density at radius 2 is 1.34 bits per heavy atom. The van der Waals surface area contributed by atoms with Crippen LogP contribution in [0.5, 0.6) is 28.7 Å². The summed E-state index contributed by atoms with van der Waals surface area (Å²) < 4.78 is 27.0. The lowest BCUT2D eigenvalue weighted by Gasteiger charge is -2.12. The normalized spacial score (nSPS) is 10.6. The third-order valence-corrected chi connectivity index (χ3v) is 4.86. The standard InChI is InChI=1S/C26H26O6/c1-28-20-7-9-21(10-8-20)32-17-19-15-18(6-13-25(19)30-3)5-12-24(27)23-16-22(29-2)11-14-26(23)31-4/h5-16H,17H2,1-4H3/b12-5+. The predicted octanol–water partition coefficient (Wildman–Crippen LogP) is 5.20. The van der Waals surface area contributed by atoms with Gasteiger partial charge in [0.1, 0.15) is 35.4 Å². The van der Waals surface area contributed by atoms with E-state index in [1.807, 2.05) is 42.5 Å². The van der Waals surface area contributed by atoms with Crippen molar-refractivity contribution in [3.63, 3.8) is 0 Å². The number of allylic oxidation sites excluding steroid dienone is 1. The van der Waals surface area contributed by atoms with E-state index < -0.39 is 0 Å². The molecule has 3 aromatic rings. The number of ether oxygens (including phenoxy) is 5. The minimum atomic E-state index is -0.187. The van der Waals surface area contributed by atoms with E-state index in [2.05, 4.69) is 0 Å². The summed E-state index contributed by atoms with van der Waals surface area (Å²) in [4.78, 5) is 12.8. The molecule has 0 radical (unpaired) electrons. The molecule has 6 nitrogen and oxygen atoms in total. The first-order valence-corrected chi connectivity index (χ1v) is 9.96. The fourth-order valence-electron chi connectivity index (χ4n) is 3.12. The molecule has 3 rings (SSSR count). The van der Waals surface area contributed by atoms with Crippen LogP contribution < -0.4 is 23.7 Å². The summed E-state index contributed by atoms with van der Waals surface area (Å²) in [5.41, 5.74) is 2.13. The molecule has 0 spiro atoms. The predicted molar refractivity (Wildman–Crippen MR) is 123 cm³/mol. The fraction of sp³-hybridized carbons (Fsp3) is 0.192. The second kappa shape index (κ2) is 10.9. The van der Waals surface area contributed by atoms with Gasteiger partial charge in [-0.05, 0) is 66.2 Å². The molecule has 32 heavy (non-hydrogen) atoms. The number of methoxy groups -OCH3 is 4. The van der Waals surface area contributed by atoms with Crippen molar-refractivity contribution >= 4 is 11.9 Å². The molecule has 0 heterocycles. The van der Waals surface area contributed by atoms with Gasteiger partial charge in [-0.3, -0.25) is 4.79 Å². The maximum absolute atomic E-state index is 12.8. The number of rotatable bonds is 10. The summed E-state index contributed by atoms with van der Waals surface area (Å²) in [6.07, 6.45) is 3.25. The van der Waals surface area contributed by atoms with Crippen LogP contribution in [0.25, 0.3) is 6.08 Å². The maximum Gasteiger partial charge on any atom is 0.189 e. The molecule has 0 bridgehead atoms. The molecule has 3 aromatic carbocycles. The Morgan fingerprint density at radius 3 is 2.00 bits per heavy atom. The first kappa shape index (κ1) is 22.7. The molecule has 0 unspecified atom stereocenters. The first-order chi connectivity index (χ1) is 15.6. The molecule has 0 fully saturated rings. The summed E-state index contributed by atoms with van der Waals surface area (Å²) in [5, 5.41) is 0. The molecule has 0 aromatic heterocycles. The van der Waals surface area contributed by atoms with E-state index in [1.54, 1.807) is 45.6 Å². The summed E-state index contributed by atoms with van der Waals surface area (Å²) >= 11 is 0. The zero-order valence-corrected chi connectivity index (χ0v) is 18.6. The second-order valence-electron chi connectivity index (χ2n) is 6.80. The molecular weight excluding hydrogens is 408 g/mol. The number of hydrogen-bond donors (Lipinski definition) is 0. The molecule has 0 saturated heterocycles. The Hall–Kier alpha value is -3.93. The SMILES string of the molecule is COc1ccc(OCc2cc(/C=C/C(=O)c3cc(OC)ccc3OC)ccc2OC)cc1. The third-order valence-electron chi connectivity index (χ3n) is 4.86. The van der Waals surface area contributed by atoms with Gasteiger partial charge in [-0.25, -0.2) is 0 Å². The molecule has 0 amide bonds. The number of carbonyl (C=O) groups is 1. The van der Waals surface area contributed by atoms with Crippen molar-refractivity contribution in [1.82, 2.24) is 0 Å². The molecule has 0 N–H and O–H groups in total. The van der Waals surface area contributed by atoms with E-state index >= 15 is 0 Å². The number of ketones is 1. The molecule has 0 atom stereocenters. The van der Waals surface area contributed by atoms with Gasteiger partial charge in [0, 0.05) is 5.56 Å². The van der Waals surface area contributed by atoms with Crippen LogP contribution in [0.4, 0.5) is 0 Å². The Balaban J connectivity index is 1.77. The fourth-order valence-corrected chi connectivity index (χ4v) is 3.12. The van der Waals surface area contributed by atoms with Crippen LogP contribution in [0.15, 0.2) is 66.7 Å². The van der Waals surface area contributed by atoms with Crippen molar-refractivity contribution in [1.29, 1.82) is 0 Å². The average molecular weight is 434 g/mol. The Bertz CT molecular complexity index is 1090. The summed E-state index contributed by atoms with van der Waals surface area (Å²) in [7, 11) is 6.31. The molecule has 0 aliphatic heterocycles. The molecule has 0 saturated carbocycles. The Labute approximate surface area is 188 Å². The number of hydrogen-bond acceptors (Lipinski definition) is 6. The van der Waals surface area contributed by atoms with Crippen LogP contribution in [-0.2, 0) is 6.61 Å². The largest absolute Gasteiger partial charge is 0.497 e. The lowest BCUT2D eigenvalue weighted by molar-refractivity contribution is 0.104. The van der Waals surface area contributed by atoms with Crippen molar-refractivity contribution in [2.24, 2.45) is 0 Å². The van der Waals surface area contributed by atoms with Crippen molar-refractivity contribution in [3.8, 4) is 28.7 Å². The van der Waals surface area contributed by atoms with Crippen LogP contribution in [0.3, 0.4) is 0 Å². The second-order valence-corrected chi connectivity index (χ2v) is 6.80. The third kappa shape index (κ3) is 5.60. The highest BCUT2D eigenvalue weighted by molar-refractivity contribution is 6.08. The van der Waals surface area contributed by atoms with Crippen molar-refractivity contribution in [2.45, 2.75) is 6.61 Å². The van der Waals surface area contributed by atoms with Gasteiger partial charge in [0.15, 0.2) is 5.78 Å².